The summed E-state index contributed by atoms with van der Waals surface area (Å²) in [5.74, 6) is -1.36. The van der Waals surface area contributed by atoms with Gasteiger partial charge in [-0.25, -0.2) is 8.78 Å². The van der Waals surface area contributed by atoms with Gasteiger partial charge in [-0.05, 0) is 54.1 Å². The molecule has 3 aromatic carbocycles. The van der Waals surface area contributed by atoms with Gasteiger partial charge < -0.3 is 10.6 Å². The van der Waals surface area contributed by atoms with Crippen LogP contribution in [0.4, 0.5) is 14.5 Å². The molecule has 2 aliphatic heterocycles. The molecule has 0 bridgehead atoms. The molecule has 2 N–H and O–H groups in total. The number of piperidine rings is 1. The highest BCUT2D eigenvalue weighted by Gasteiger charge is 2.39. The Balaban J connectivity index is 1.44. The normalized spacial score (nSPS) is 17.9. The molecule has 2 amide bonds. The van der Waals surface area contributed by atoms with Crippen LogP contribution in [0.1, 0.15) is 34.3 Å². The Morgan fingerprint density at radius 1 is 1.06 bits per heavy atom. The SMILES string of the molecule is C=C1CCC(N2C(=O)c3ccc(CNCc4cc(F)ccc4F)c4cccc2c34)C(=O)N1. The van der Waals surface area contributed by atoms with Crippen LogP contribution in [0.15, 0.2) is 60.8 Å². The maximum atomic E-state index is 13.9. The number of amides is 2. The summed E-state index contributed by atoms with van der Waals surface area (Å²) < 4.78 is 27.3. The summed E-state index contributed by atoms with van der Waals surface area (Å²) in [6.45, 7) is 4.39. The fourth-order valence-corrected chi connectivity index (χ4v) is 4.55. The Labute approximate surface area is 183 Å². The Morgan fingerprint density at radius 2 is 1.88 bits per heavy atom. The standard InChI is InChI=1S/C25H21F2N3O2/c1-14-5-10-22(24(31)29-14)30-21-4-2-3-18-15(6-8-19(23(18)21)25(30)32)12-28-13-16-11-17(26)7-9-20(16)27/h2-4,6-9,11,22,28H,1,5,10,12-13H2,(H,29,31). The highest BCUT2D eigenvalue weighted by molar-refractivity contribution is 6.27. The van der Waals surface area contributed by atoms with Crippen LogP contribution in [-0.4, -0.2) is 17.9 Å². The predicted molar refractivity (Wildman–Crippen MR) is 118 cm³/mol. The van der Waals surface area contributed by atoms with Crippen molar-refractivity contribution in [3.8, 4) is 0 Å². The first-order chi connectivity index (χ1) is 15.4. The molecular formula is C25H21F2N3O2. The van der Waals surface area contributed by atoms with Crippen LogP contribution in [0.2, 0.25) is 0 Å². The van der Waals surface area contributed by atoms with Crippen LogP contribution < -0.4 is 15.5 Å². The van der Waals surface area contributed by atoms with Crippen LogP contribution in [0, 0.1) is 11.6 Å². The Bertz CT molecular complexity index is 1290. The summed E-state index contributed by atoms with van der Waals surface area (Å²) in [6, 6.07) is 12.1. The van der Waals surface area contributed by atoms with E-state index in [0.717, 1.165) is 28.5 Å². The van der Waals surface area contributed by atoms with Gasteiger partial charge in [0.05, 0.1) is 5.69 Å². The van der Waals surface area contributed by atoms with Crippen molar-refractivity contribution in [2.45, 2.75) is 32.0 Å². The minimum atomic E-state index is -0.580. The summed E-state index contributed by atoms with van der Waals surface area (Å²) in [4.78, 5) is 27.4. The van der Waals surface area contributed by atoms with E-state index < -0.39 is 17.7 Å². The summed E-state index contributed by atoms with van der Waals surface area (Å²) in [6.07, 6.45) is 1.15. The van der Waals surface area contributed by atoms with Crippen LogP contribution in [0.3, 0.4) is 0 Å². The molecule has 1 atom stereocenters. The van der Waals surface area contributed by atoms with Crippen LogP contribution >= 0.6 is 0 Å². The van der Waals surface area contributed by atoms with E-state index in [-0.39, 0.29) is 23.9 Å². The van der Waals surface area contributed by atoms with E-state index in [2.05, 4.69) is 17.2 Å². The number of anilines is 1. The zero-order chi connectivity index (χ0) is 22.4. The van der Waals surface area contributed by atoms with Gasteiger partial charge in [0.2, 0.25) is 5.91 Å². The second-order valence-electron chi connectivity index (χ2n) is 8.13. The van der Waals surface area contributed by atoms with Gasteiger partial charge in [0.15, 0.2) is 0 Å². The Morgan fingerprint density at radius 3 is 2.69 bits per heavy atom. The Hall–Kier alpha value is -3.58. The van der Waals surface area contributed by atoms with E-state index >= 15 is 0 Å². The van der Waals surface area contributed by atoms with Crippen LogP contribution in [0.5, 0.6) is 0 Å². The van der Waals surface area contributed by atoms with E-state index in [4.69, 9.17) is 0 Å². The maximum Gasteiger partial charge on any atom is 0.259 e. The number of rotatable bonds is 5. The smallest absolute Gasteiger partial charge is 0.259 e. The van der Waals surface area contributed by atoms with Gasteiger partial charge in [-0.1, -0.05) is 24.8 Å². The fourth-order valence-electron chi connectivity index (χ4n) is 4.55. The number of carbonyl (C=O) groups excluding carboxylic acids is 2. The summed E-state index contributed by atoms with van der Waals surface area (Å²) in [5.41, 5.74) is 3.12. The quantitative estimate of drug-likeness (QED) is 0.635. The number of hydrogen-bond donors (Lipinski definition) is 2. The first kappa shape index (κ1) is 20.3. The molecule has 2 aliphatic rings. The predicted octanol–water partition coefficient (Wildman–Crippen LogP) is 4.16. The highest BCUT2D eigenvalue weighted by atomic mass is 19.1. The molecule has 3 aromatic rings. The fraction of sp³-hybridized carbons (Fsp3) is 0.200. The number of benzene rings is 3. The first-order valence-corrected chi connectivity index (χ1v) is 10.5. The maximum absolute atomic E-state index is 13.9. The molecule has 1 unspecified atom stereocenters. The summed E-state index contributed by atoms with van der Waals surface area (Å²) in [7, 11) is 0. The van der Waals surface area contributed by atoms with Gasteiger partial charge >= 0.3 is 0 Å². The minimum Gasteiger partial charge on any atom is -0.329 e. The minimum absolute atomic E-state index is 0.170. The van der Waals surface area contributed by atoms with Crippen molar-refractivity contribution in [2.75, 3.05) is 4.90 Å². The van der Waals surface area contributed by atoms with Crippen LogP contribution in [-0.2, 0) is 17.9 Å². The third-order valence-corrected chi connectivity index (χ3v) is 6.09. The van der Waals surface area contributed by atoms with Crippen molar-refractivity contribution in [3.05, 3.63) is 89.1 Å². The van der Waals surface area contributed by atoms with Gasteiger partial charge in [0.25, 0.3) is 5.91 Å². The number of hydrogen-bond acceptors (Lipinski definition) is 3. The molecule has 5 rings (SSSR count). The van der Waals surface area contributed by atoms with Gasteiger partial charge in [-0.15, -0.1) is 0 Å². The molecular weight excluding hydrogens is 412 g/mol. The molecule has 2 heterocycles. The molecule has 0 saturated carbocycles. The number of nitrogens with zero attached hydrogens (tertiary/aromatic N) is 1. The zero-order valence-electron chi connectivity index (χ0n) is 17.3. The number of allylic oxidation sites excluding steroid dienone is 1. The van der Waals surface area contributed by atoms with Crippen molar-refractivity contribution < 1.29 is 18.4 Å². The van der Waals surface area contributed by atoms with Crippen molar-refractivity contribution in [1.82, 2.24) is 10.6 Å². The van der Waals surface area contributed by atoms with Gasteiger partial charge in [0.1, 0.15) is 17.7 Å². The van der Waals surface area contributed by atoms with Crippen LogP contribution in [0.25, 0.3) is 10.8 Å². The van der Waals surface area contributed by atoms with E-state index in [1.807, 2.05) is 24.3 Å². The third-order valence-electron chi connectivity index (χ3n) is 6.09. The molecule has 0 spiro atoms. The molecule has 0 aromatic heterocycles. The topological polar surface area (TPSA) is 61.4 Å². The lowest BCUT2D eigenvalue weighted by molar-refractivity contribution is -0.122. The highest BCUT2D eigenvalue weighted by Crippen LogP contribution is 2.41. The molecule has 162 valence electrons. The van der Waals surface area contributed by atoms with Crippen molar-refractivity contribution in [3.63, 3.8) is 0 Å². The van der Waals surface area contributed by atoms with Crippen molar-refractivity contribution in [1.29, 1.82) is 0 Å². The van der Waals surface area contributed by atoms with E-state index in [0.29, 0.717) is 36.3 Å². The second-order valence-corrected chi connectivity index (χ2v) is 8.13. The van der Waals surface area contributed by atoms with Crippen molar-refractivity contribution >= 4 is 28.3 Å². The van der Waals surface area contributed by atoms with Gasteiger partial charge in [-0.3, -0.25) is 14.5 Å². The molecule has 7 heteroatoms. The summed E-state index contributed by atoms with van der Waals surface area (Å²) >= 11 is 0. The number of carbonyl (C=O) groups is 2. The molecule has 32 heavy (non-hydrogen) atoms. The van der Waals surface area contributed by atoms with Gasteiger partial charge in [-0.2, -0.15) is 0 Å². The number of nitrogens with one attached hydrogen (secondary N) is 2. The second kappa shape index (κ2) is 7.84. The van der Waals surface area contributed by atoms with Crippen molar-refractivity contribution in [2.24, 2.45) is 0 Å². The summed E-state index contributed by atoms with van der Waals surface area (Å²) in [5, 5.41) is 7.61. The average molecular weight is 433 g/mol. The zero-order valence-corrected chi connectivity index (χ0v) is 17.3. The van der Waals surface area contributed by atoms with E-state index in [1.165, 1.54) is 6.07 Å². The Kier molecular flexibility index (Phi) is 4.98. The monoisotopic (exact) mass is 433 g/mol. The van der Waals surface area contributed by atoms with E-state index in [9.17, 15) is 18.4 Å². The third kappa shape index (κ3) is 3.35. The molecule has 1 fully saturated rings. The van der Waals surface area contributed by atoms with Gasteiger partial charge in [0, 0.05) is 35.3 Å². The lowest BCUT2D eigenvalue weighted by Gasteiger charge is -2.31. The number of halogens is 2. The largest absolute Gasteiger partial charge is 0.329 e. The molecule has 1 saturated heterocycles. The molecule has 0 radical (unpaired) electrons. The lowest BCUT2D eigenvalue weighted by atomic mass is 10.00. The van der Waals surface area contributed by atoms with E-state index in [1.54, 1.807) is 11.0 Å². The molecule has 5 nitrogen and oxygen atoms in total. The average Bonchev–Trinajstić information content (AvgIpc) is 3.05. The molecule has 0 aliphatic carbocycles. The lowest BCUT2D eigenvalue weighted by Crippen LogP contribution is -2.51. The first-order valence-electron chi connectivity index (χ1n) is 10.5.